The molecule has 222 valence electrons. The van der Waals surface area contributed by atoms with Crippen molar-refractivity contribution in [1.82, 2.24) is 0 Å². The molecule has 1 aliphatic carbocycles. The van der Waals surface area contributed by atoms with Crippen molar-refractivity contribution in [3.05, 3.63) is 102 Å². The van der Waals surface area contributed by atoms with Crippen molar-refractivity contribution in [2.75, 3.05) is 7.11 Å². The van der Waals surface area contributed by atoms with Crippen LogP contribution in [0.3, 0.4) is 0 Å². The van der Waals surface area contributed by atoms with E-state index in [4.69, 9.17) is 21.1 Å². The number of nitro groups is 1. The number of thiophene rings is 1. The van der Waals surface area contributed by atoms with Gasteiger partial charge in [0.1, 0.15) is 11.0 Å². The zero-order valence-electron chi connectivity index (χ0n) is 24.0. The molecular formula is C33H36ClNO6S. The highest BCUT2D eigenvalue weighted by Crippen LogP contribution is 2.43. The van der Waals surface area contributed by atoms with E-state index in [9.17, 15) is 19.7 Å². The van der Waals surface area contributed by atoms with Crippen LogP contribution in [0.25, 0.3) is 5.57 Å². The molecule has 42 heavy (non-hydrogen) atoms. The third kappa shape index (κ3) is 8.07. The van der Waals surface area contributed by atoms with Crippen molar-refractivity contribution in [2.45, 2.75) is 70.8 Å². The molecule has 9 heteroatoms. The number of ether oxygens (including phenoxy) is 2. The van der Waals surface area contributed by atoms with Crippen molar-refractivity contribution < 1.29 is 24.0 Å². The van der Waals surface area contributed by atoms with E-state index < -0.39 is 17.0 Å². The number of hydrogen-bond acceptors (Lipinski definition) is 7. The summed E-state index contributed by atoms with van der Waals surface area (Å²) in [6.07, 6.45) is 8.06. The number of unbranched alkanes of at least 4 members (excludes halogenated alkanes) is 2. The van der Waals surface area contributed by atoms with Crippen LogP contribution in [-0.4, -0.2) is 24.0 Å². The minimum Gasteiger partial charge on any atom is -0.465 e. The molecule has 0 amide bonds. The number of allylic oxidation sites excluding steroid dienone is 2. The lowest BCUT2D eigenvalue weighted by molar-refractivity contribution is -0.384. The second-order valence-corrected chi connectivity index (χ2v) is 12.1. The Morgan fingerprint density at radius 2 is 1.76 bits per heavy atom. The maximum atomic E-state index is 12.9. The van der Waals surface area contributed by atoms with Crippen molar-refractivity contribution in [2.24, 2.45) is 5.92 Å². The van der Waals surface area contributed by atoms with Crippen LogP contribution < -0.4 is 0 Å². The summed E-state index contributed by atoms with van der Waals surface area (Å²) in [7, 11) is 1.40. The summed E-state index contributed by atoms with van der Waals surface area (Å²) in [5.74, 6) is -0.429. The molecule has 1 aromatic heterocycles. The molecule has 7 nitrogen and oxygen atoms in total. The van der Waals surface area contributed by atoms with E-state index in [1.165, 1.54) is 53.2 Å². The monoisotopic (exact) mass is 609 g/mol. The number of benzene rings is 2. The fourth-order valence-corrected chi connectivity index (χ4v) is 6.74. The molecule has 0 aliphatic heterocycles. The molecule has 0 radical (unpaired) electrons. The van der Waals surface area contributed by atoms with Gasteiger partial charge in [0, 0.05) is 22.0 Å². The Hall–Kier alpha value is -3.49. The Kier molecular flexibility index (Phi) is 11.3. The fraction of sp³-hybridized carbons (Fsp3) is 0.394. The van der Waals surface area contributed by atoms with Crippen LogP contribution in [0.1, 0.15) is 100 Å². The first kappa shape index (κ1) is 31.4. The van der Waals surface area contributed by atoms with Gasteiger partial charge in [0.2, 0.25) is 0 Å². The predicted octanol–water partition coefficient (Wildman–Crippen LogP) is 9.30. The Bertz CT molecular complexity index is 1410. The van der Waals surface area contributed by atoms with Crippen molar-refractivity contribution in [1.29, 1.82) is 0 Å². The lowest BCUT2D eigenvalue weighted by Gasteiger charge is -2.20. The number of nitrogens with zero attached hydrogens (tertiary/aromatic N) is 1. The van der Waals surface area contributed by atoms with Crippen molar-refractivity contribution >= 4 is 46.1 Å². The third-order valence-electron chi connectivity index (χ3n) is 7.66. The number of non-ortho nitro benzene ring substituents is 1. The van der Waals surface area contributed by atoms with Crippen LogP contribution >= 0.6 is 22.9 Å². The van der Waals surface area contributed by atoms with E-state index in [1.54, 1.807) is 0 Å². The number of carbonyl (C=O) groups excluding carboxylic acids is 2. The van der Waals surface area contributed by atoms with Gasteiger partial charge in [0.25, 0.3) is 5.69 Å². The predicted molar refractivity (Wildman–Crippen MR) is 166 cm³/mol. The molecule has 0 spiro atoms. The Labute approximate surface area is 255 Å². The smallest absolute Gasteiger partial charge is 0.348 e. The number of rotatable bonds is 14. The van der Waals surface area contributed by atoms with Gasteiger partial charge in [-0.1, -0.05) is 55.6 Å². The average molecular weight is 610 g/mol. The lowest BCUT2D eigenvalue weighted by atomic mass is 9.89. The van der Waals surface area contributed by atoms with Gasteiger partial charge in [-0.3, -0.25) is 10.1 Å². The molecule has 0 saturated carbocycles. The third-order valence-corrected chi connectivity index (χ3v) is 9.18. The quantitative estimate of drug-likeness (QED) is 0.0782. The summed E-state index contributed by atoms with van der Waals surface area (Å²) >= 11 is 8.22. The number of methoxy groups -OCH3 is 1. The van der Waals surface area contributed by atoms with Gasteiger partial charge < -0.3 is 9.47 Å². The van der Waals surface area contributed by atoms with Crippen LogP contribution in [-0.2, 0) is 15.9 Å². The summed E-state index contributed by atoms with van der Waals surface area (Å²) in [5, 5.41) is 11.9. The van der Waals surface area contributed by atoms with E-state index in [-0.39, 0.29) is 17.2 Å². The Morgan fingerprint density at radius 3 is 2.43 bits per heavy atom. The number of esters is 2. The van der Waals surface area contributed by atoms with Gasteiger partial charge in [-0.05, 0) is 91.8 Å². The molecule has 1 unspecified atom stereocenters. The molecule has 1 aliphatic rings. The van der Waals surface area contributed by atoms with E-state index in [1.807, 2.05) is 24.3 Å². The molecule has 0 N–H and O–H groups in total. The molecule has 0 saturated heterocycles. The van der Waals surface area contributed by atoms with Crippen LogP contribution in [0.2, 0.25) is 0 Å². The summed E-state index contributed by atoms with van der Waals surface area (Å²) in [6, 6.07) is 17.5. The highest BCUT2D eigenvalue weighted by atomic mass is 35.5. The lowest BCUT2D eigenvalue weighted by Crippen LogP contribution is -2.12. The van der Waals surface area contributed by atoms with E-state index in [0.717, 1.165) is 67.5 Å². The van der Waals surface area contributed by atoms with Crippen molar-refractivity contribution in [3.63, 3.8) is 0 Å². The normalized spacial score (nSPS) is 15.5. The summed E-state index contributed by atoms with van der Waals surface area (Å²) in [5.41, 5.74) is 3.40. The second-order valence-electron chi connectivity index (χ2n) is 10.5. The second kappa shape index (κ2) is 15.1. The number of halogens is 1. The number of nitro benzene ring substituents is 1. The molecule has 4 rings (SSSR count). The zero-order chi connectivity index (χ0) is 30.1. The van der Waals surface area contributed by atoms with Crippen LogP contribution in [0.15, 0.2) is 65.7 Å². The van der Waals surface area contributed by atoms with Crippen LogP contribution in [0, 0.1) is 16.0 Å². The minimum atomic E-state index is -0.499. The van der Waals surface area contributed by atoms with E-state index in [2.05, 4.69) is 19.1 Å². The topological polar surface area (TPSA) is 95.7 Å². The van der Waals surface area contributed by atoms with Gasteiger partial charge in [0.05, 0.1) is 17.6 Å². The van der Waals surface area contributed by atoms with Gasteiger partial charge >= 0.3 is 11.9 Å². The molecule has 1 heterocycles. The highest BCUT2D eigenvalue weighted by molar-refractivity contribution is 7.13. The first-order valence-electron chi connectivity index (χ1n) is 14.4. The first-order chi connectivity index (χ1) is 20.3. The number of hydrogen-bond donors (Lipinski definition) is 0. The largest absolute Gasteiger partial charge is 0.465 e. The van der Waals surface area contributed by atoms with Gasteiger partial charge in [-0.25, -0.2) is 9.59 Å². The fourth-order valence-electron chi connectivity index (χ4n) is 5.39. The average Bonchev–Trinajstić information content (AvgIpc) is 3.63. The Balaban J connectivity index is 1.42. The van der Waals surface area contributed by atoms with Crippen LogP contribution in [0.4, 0.5) is 5.69 Å². The van der Waals surface area contributed by atoms with Gasteiger partial charge in [-0.2, -0.15) is 0 Å². The standard InChI is InChI=1S/C33H36ClNO6S/c1-3-4-5-9-29(41-32(36)25-14-17-26(18-15-25)35(38)39)22-10-12-24(13-11-22)31-23(16-20-28(31)34)7-6-8-27-19-21-30(42-27)33(37)40-2/h10-15,17-19,21,23,29H,3-9,16,20H2,1-2H3/t23-,29?/m0/s1. The molecule has 0 bridgehead atoms. The summed E-state index contributed by atoms with van der Waals surface area (Å²) in [6.45, 7) is 2.13. The first-order valence-corrected chi connectivity index (χ1v) is 15.6. The van der Waals surface area contributed by atoms with E-state index in [0.29, 0.717) is 17.2 Å². The van der Waals surface area contributed by atoms with Gasteiger partial charge in [0.15, 0.2) is 0 Å². The maximum absolute atomic E-state index is 12.9. The highest BCUT2D eigenvalue weighted by Gasteiger charge is 2.26. The van der Waals surface area contributed by atoms with Crippen molar-refractivity contribution in [3.8, 4) is 0 Å². The maximum Gasteiger partial charge on any atom is 0.348 e. The summed E-state index contributed by atoms with van der Waals surface area (Å²) < 4.78 is 10.7. The molecule has 2 aromatic carbocycles. The van der Waals surface area contributed by atoms with Crippen LogP contribution in [0.5, 0.6) is 0 Å². The van der Waals surface area contributed by atoms with Gasteiger partial charge in [-0.15, -0.1) is 11.3 Å². The molecule has 0 fully saturated rings. The summed E-state index contributed by atoms with van der Waals surface area (Å²) in [4.78, 5) is 36.9. The molecule has 3 aromatic rings. The minimum absolute atomic E-state index is 0.0703. The molecule has 2 atom stereocenters. The SMILES string of the molecule is CCCCCC(OC(=O)c1ccc([N+](=O)[O-])cc1)c1ccc(C2=C(Cl)CC[C@@H]2CCCc2ccc(C(=O)OC)s2)cc1. The zero-order valence-corrected chi connectivity index (χ0v) is 25.5. The molecular weight excluding hydrogens is 574 g/mol. The van der Waals surface area contributed by atoms with E-state index >= 15 is 0 Å². The number of carbonyl (C=O) groups is 2. The Morgan fingerprint density at radius 1 is 1.02 bits per heavy atom. The number of aryl methyl sites for hydroxylation is 1.